The molecule has 0 aliphatic carbocycles. The second-order valence-corrected chi connectivity index (χ2v) is 5.89. The van der Waals surface area contributed by atoms with Crippen molar-refractivity contribution in [3.05, 3.63) is 53.6 Å². The second kappa shape index (κ2) is 6.19. The Morgan fingerprint density at radius 3 is 2.54 bits per heavy atom. The van der Waals surface area contributed by atoms with Crippen LogP contribution in [0.4, 0.5) is 18.9 Å². The quantitative estimate of drug-likeness (QED) is 0.881. The zero-order valence-electron chi connectivity index (χ0n) is 12.7. The second-order valence-electron chi connectivity index (χ2n) is 5.89. The van der Waals surface area contributed by atoms with E-state index in [4.69, 9.17) is 5.11 Å². The highest BCUT2D eigenvalue weighted by Crippen LogP contribution is 2.40. The van der Waals surface area contributed by atoms with Crippen LogP contribution in [0.1, 0.15) is 17.5 Å². The molecule has 1 aliphatic heterocycles. The molecule has 0 saturated carbocycles. The van der Waals surface area contributed by atoms with Gasteiger partial charge in [0, 0.05) is 11.3 Å². The van der Waals surface area contributed by atoms with Crippen molar-refractivity contribution in [3.63, 3.8) is 0 Å². The van der Waals surface area contributed by atoms with Crippen LogP contribution in [0.3, 0.4) is 0 Å². The maximum absolute atomic E-state index is 13.1. The van der Waals surface area contributed by atoms with Crippen molar-refractivity contribution < 1.29 is 23.1 Å². The number of carbonyl (C=O) groups is 1. The summed E-state index contributed by atoms with van der Waals surface area (Å²) in [6, 6.07) is 10.8. The first-order valence-corrected chi connectivity index (χ1v) is 7.61. The van der Waals surface area contributed by atoms with E-state index in [0.717, 1.165) is 11.1 Å². The first-order valence-electron chi connectivity index (χ1n) is 7.61. The molecule has 3 nitrogen and oxygen atoms in total. The van der Waals surface area contributed by atoms with E-state index in [1.807, 2.05) is 6.07 Å². The molecule has 0 bridgehead atoms. The molecule has 126 valence electrons. The molecule has 2 aromatic carbocycles. The Hall–Kier alpha value is -2.50. The smallest absolute Gasteiger partial charge is 0.408 e. The minimum Gasteiger partial charge on any atom is -0.481 e. The molecule has 6 heteroatoms. The standard InChI is InChI=1S/C18H16F3NO2/c19-18(20,21)15-7-6-13-8-11(10-16(23)24)9-14(17(13)22-15)12-4-2-1-3-5-12/h1-5,8-9,15,22H,6-7,10H2,(H,23,24). The van der Waals surface area contributed by atoms with Gasteiger partial charge in [-0.2, -0.15) is 13.2 Å². The summed E-state index contributed by atoms with van der Waals surface area (Å²) in [6.45, 7) is 0. The molecule has 1 heterocycles. The van der Waals surface area contributed by atoms with Crippen molar-refractivity contribution >= 4 is 11.7 Å². The lowest BCUT2D eigenvalue weighted by molar-refractivity contribution is -0.144. The first kappa shape index (κ1) is 16.4. The first-order chi connectivity index (χ1) is 11.3. The predicted octanol–water partition coefficient (Wildman–Crippen LogP) is 4.27. The van der Waals surface area contributed by atoms with Gasteiger partial charge in [0.15, 0.2) is 0 Å². The van der Waals surface area contributed by atoms with Gasteiger partial charge in [0.2, 0.25) is 0 Å². The van der Waals surface area contributed by atoms with Crippen LogP contribution in [0.15, 0.2) is 42.5 Å². The number of nitrogens with one attached hydrogen (secondary N) is 1. The number of hydrogen-bond acceptors (Lipinski definition) is 2. The van der Waals surface area contributed by atoms with Crippen molar-refractivity contribution in [2.24, 2.45) is 0 Å². The van der Waals surface area contributed by atoms with Crippen molar-refractivity contribution in [1.29, 1.82) is 0 Å². The summed E-state index contributed by atoms with van der Waals surface area (Å²) in [5.74, 6) is -0.967. The summed E-state index contributed by atoms with van der Waals surface area (Å²) in [5.41, 5.74) is 3.14. The number of carboxylic acid groups (broad SMARTS) is 1. The molecule has 0 fully saturated rings. The molecule has 0 saturated heterocycles. The van der Waals surface area contributed by atoms with Gasteiger partial charge in [0.05, 0.1) is 6.42 Å². The number of halogens is 3. The number of alkyl halides is 3. The SMILES string of the molecule is O=C(O)Cc1cc2c(c(-c3ccccc3)c1)NC(C(F)(F)F)CC2. The Labute approximate surface area is 137 Å². The van der Waals surface area contributed by atoms with Gasteiger partial charge in [-0.05, 0) is 35.6 Å². The van der Waals surface area contributed by atoms with Crippen LogP contribution in [0, 0.1) is 0 Å². The third kappa shape index (κ3) is 3.37. The maximum Gasteiger partial charge on any atom is 0.408 e. The van der Waals surface area contributed by atoms with Crippen molar-refractivity contribution in [3.8, 4) is 11.1 Å². The molecule has 2 N–H and O–H groups in total. The summed E-state index contributed by atoms with van der Waals surface area (Å²) in [5, 5.41) is 11.6. The van der Waals surface area contributed by atoms with E-state index < -0.39 is 18.2 Å². The van der Waals surface area contributed by atoms with Gasteiger partial charge in [-0.15, -0.1) is 0 Å². The zero-order chi connectivity index (χ0) is 17.3. The third-order valence-electron chi connectivity index (χ3n) is 4.14. The van der Waals surface area contributed by atoms with E-state index in [2.05, 4.69) is 5.32 Å². The van der Waals surface area contributed by atoms with E-state index in [0.29, 0.717) is 16.8 Å². The van der Waals surface area contributed by atoms with Gasteiger partial charge < -0.3 is 10.4 Å². The van der Waals surface area contributed by atoms with Crippen LogP contribution in [-0.4, -0.2) is 23.3 Å². The fourth-order valence-electron chi connectivity index (χ4n) is 3.05. The average Bonchev–Trinajstić information content (AvgIpc) is 2.53. The van der Waals surface area contributed by atoms with Crippen LogP contribution in [0.2, 0.25) is 0 Å². The van der Waals surface area contributed by atoms with Gasteiger partial charge in [-0.3, -0.25) is 4.79 Å². The van der Waals surface area contributed by atoms with Gasteiger partial charge in [0.1, 0.15) is 6.04 Å². The number of fused-ring (bicyclic) bond motifs is 1. The fourth-order valence-corrected chi connectivity index (χ4v) is 3.05. The largest absolute Gasteiger partial charge is 0.481 e. The topological polar surface area (TPSA) is 49.3 Å². The van der Waals surface area contributed by atoms with Crippen LogP contribution in [-0.2, 0) is 17.6 Å². The van der Waals surface area contributed by atoms with E-state index in [1.165, 1.54) is 0 Å². The Bertz CT molecular complexity index is 757. The number of aryl methyl sites for hydroxylation is 1. The lowest BCUT2D eigenvalue weighted by Gasteiger charge is -2.31. The van der Waals surface area contributed by atoms with Crippen molar-refractivity contribution in [2.45, 2.75) is 31.5 Å². The number of anilines is 1. The van der Waals surface area contributed by atoms with E-state index in [1.54, 1.807) is 36.4 Å². The van der Waals surface area contributed by atoms with E-state index >= 15 is 0 Å². The zero-order valence-corrected chi connectivity index (χ0v) is 12.7. The maximum atomic E-state index is 13.1. The Morgan fingerprint density at radius 1 is 1.21 bits per heavy atom. The van der Waals surface area contributed by atoms with Gasteiger partial charge >= 0.3 is 12.1 Å². The Balaban J connectivity index is 2.09. The van der Waals surface area contributed by atoms with Crippen molar-refractivity contribution in [2.75, 3.05) is 5.32 Å². The van der Waals surface area contributed by atoms with E-state index in [9.17, 15) is 18.0 Å². The van der Waals surface area contributed by atoms with Gasteiger partial charge in [-0.1, -0.05) is 36.4 Å². The number of rotatable bonds is 3. The fraction of sp³-hybridized carbons (Fsp3) is 0.278. The summed E-state index contributed by atoms with van der Waals surface area (Å²) in [7, 11) is 0. The van der Waals surface area contributed by atoms with Crippen LogP contribution >= 0.6 is 0 Å². The van der Waals surface area contributed by atoms with Crippen LogP contribution in [0.25, 0.3) is 11.1 Å². The number of hydrogen-bond donors (Lipinski definition) is 2. The summed E-state index contributed by atoms with van der Waals surface area (Å²) in [4.78, 5) is 11.0. The molecule has 3 rings (SSSR count). The molecular formula is C18H16F3NO2. The monoisotopic (exact) mass is 335 g/mol. The summed E-state index contributed by atoms with van der Waals surface area (Å²) >= 11 is 0. The predicted molar refractivity (Wildman–Crippen MR) is 85.0 cm³/mol. The third-order valence-corrected chi connectivity index (χ3v) is 4.14. The lowest BCUT2D eigenvalue weighted by atomic mass is 9.89. The molecule has 2 aromatic rings. The molecule has 1 aliphatic rings. The summed E-state index contributed by atoms with van der Waals surface area (Å²) < 4.78 is 39.2. The molecule has 0 radical (unpaired) electrons. The minimum atomic E-state index is -4.31. The molecule has 0 spiro atoms. The highest BCUT2D eigenvalue weighted by molar-refractivity contribution is 5.83. The molecule has 0 aromatic heterocycles. The summed E-state index contributed by atoms with van der Waals surface area (Å²) in [6.07, 6.45) is -4.26. The normalized spacial score (nSPS) is 17.0. The molecule has 0 amide bonds. The lowest BCUT2D eigenvalue weighted by Crippen LogP contribution is -2.39. The highest BCUT2D eigenvalue weighted by Gasteiger charge is 2.41. The van der Waals surface area contributed by atoms with Gasteiger partial charge in [0.25, 0.3) is 0 Å². The molecule has 1 atom stereocenters. The molecule has 24 heavy (non-hydrogen) atoms. The van der Waals surface area contributed by atoms with Crippen molar-refractivity contribution in [1.82, 2.24) is 0 Å². The van der Waals surface area contributed by atoms with Crippen LogP contribution in [0.5, 0.6) is 0 Å². The number of aliphatic carboxylic acids is 1. The highest BCUT2D eigenvalue weighted by atomic mass is 19.4. The van der Waals surface area contributed by atoms with E-state index in [-0.39, 0.29) is 19.3 Å². The number of benzene rings is 2. The molecular weight excluding hydrogens is 319 g/mol. The van der Waals surface area contributed by atoms with Crippen LogP contribution < -0.4 is 5.32 Å². The number of carboxylic acids is 1. The minimum absolute atomic E-state index is 0.0543. The Morgan fingerprint density at radius 2 is 1.92 bits per heavy atom. The Kier molecular flexibility index (Phi) is 4.22. The average molecular weight is 335 g/mol. The molecule has 1 unspecified atom stereocenters. The van der Waals surface area contributed by atoms with Gasteiger partial charge in [-0.25, -0.2) is 0 Å².